The average molecular weight is 272 g/mol. The third-order valence-electron chi connectivity index (χ3n) is 1.59. The van der Waals surface area contributed by atoms with E-state index in [0.29, 0.717) is 16.5 Å². The molecule has 16 heavy (non-hydrogen) atoms. The van der Waals surface area contributed by atoms with Crippen LogP contribution in [0.3, 0.4) is 0 Å². The number of nitrogen functional groups attached to an aromatic ring is 1. The third-order valence-corrected chi connectivity index (χ3v) is 2.62. The number of benzene rings is 1. The van der Waals surface area contributed by atoms with E-state index in [-0.39, 0.29) is 24.1 Å². The van der Waals surface area contributed by atoms with Crippen molar-refractivity contribution in [1.29, 1.82) is 0 Å². The highest BCUT2D eigenvalue weighted by Crippen LogP contribution is 2.30. The first kappa shape index (κ1) is 13.3. The molecule has 0 aliphatic carbocycles. The predicted octanol–water partition coefficient (Wildman–Crippen LogP) is 3.55. The summed E-state index contributed by atoms with van der Waals surface area (Å²) < 4.78 is 40.4. The normalized spacial score (nSPS) is 11.5. The molecule has 0 unspecified atom stereocenters. The van der Waals surface area contributed by atoms with Gasteiger partial charge >= 0.3 is 5.51 Å². The number of alkyl halides is 3. The van der Waals surface area contributed by atoms with Crippen molar-refractivity contribution in [3.8, 4) is 5.75 Å². The van der Waals surface area contributed by atoms with Crippen molar-refractivity contribution in [2.75, 3.05) is 18.1 Å². The number of hydrogen-bond acceptors (Lipinski definition) is 3. The molecule has 0 spiro atoms. The number of halogens is 4. The molecule has 0 atom stereocenters. The Balaban J connectivity index is 2.35. The van der Waals surface area contributed by atoms with Gasteiger partial charge in [0.15, 0.2) is 0 Å². The minimum atomic E-state index is -4.22. The molecule has 7 heteroatoms. The number of thioether (sulfide) groups is 1. The molecule has 1 aromatic rings. The van der Waals surface area contributed by atoms with Gasteiger partial charge in [-0.25, -0.2) is 0 Å². The summed E-state index contributed by atoms with van der Waals surface area (Å²) in [5, 5.41) is 0.320. The van der Waals surface area contributed by atoms with Crippen LogP contribution < -0.4 is 10.5 Å². The highest BCUT2D eigenvalue weighted by molar-refractivity contribution is 8.00. The Kier molecular flexibility index (Phi) is 4.61. The standard InChI is InChI=1S/C9H9ClF3NOS/c10-7-5-6(1-2-8(7)14)15-3-4-16-9(11,12)13/h1-2,5H,3-4,14H2. The molecule has 0 amide bonds. The van der Waals surface area contributed by atoms with E-state index < -0.39 is 5.51 Å². The van der Waals surface area contributed by atoms with Crippen LogP contribution in [0, 0.1) is 0 Å². The fraction of sp³-hybridized carbons (Fsp3) is 0.333. The van der Waals surface area contributed by atoms with Crippen molar-refractivity contribution < 1.29 is 17.9 Å². The van der Waals surface area contributed by atoms with Gasteiger partial charge in [0.1, 0.15) is 5.75 Å². The van der Waals surface area contributed by atoms with Crippen LogP contribution >= 0.6 is 23.4 Å². The quantitative estimate of drug-likeness (QED) is 0.672. The zero-order valence-electron chi connectivity index (χ0n) is 8.05. The van der Waals surface area contributed by atoms with Crippen LogP contribution in [-0.2, 0) is 0 Å². The molecule has 0 aliphatic heterocycles. The van der Waals surface area contributed by atoms with Crippen LogP contribution in [-0.4, -0.2) is 17.9 Å². The maximum Gasteiger partial charge on any atom is 0.441 e. The summed E-state index contributed by atoms with van der Waals surface area (Å²) in [5.41, 5.74) is 1.64. The summed E-state index contributed by atoms with van der Waals surface area (Å²) in [5.74, 6) is 0.243. The van der Waals surface area contributed by atoms with Gasteiger partial charge in [-0.2, -0.15) is 13.2 Å². The van der Waals surface area contributed by atoms with Crippen LogP contribution in [0.15, 0.2) is 18.2 Å². The Morgan fingerprint density at radius 3 is 2.62 bits per heavy atom. The van der Waals surface area contributed by atoms with Crippen molar-refractivity contribution in [2.45, 2.75) is 5.51 Å². The number of hydrogen-bond donors (Lipinski definition) is 1. The minimum absolute atomic E-state index is 0.0373. The summed E-state index contributed by atoms with van der Waals surface area (Å²) in [6.45, 7) is -0.0373. The van der Waals surface area contributed by atoms with Gasteiger partial charge in [-0.3, -0.25) is 0 Å². The smallest absolute Gasteiger partial charge is 0.441 e. The number of nitrogens with two attached hydrogens (primary N) is 1. The van der Waals surface area contributed by atoms with Gasteiger partial charge in [0.05, 0.1) is 17.3 Å². The molecule has 0 aromatic heterocycles. The zero-order valence-corrected chi connectivity index (χ0v) is 9.62. The summed E-state index contributed by atoms with van der Waals surface area (Å²) in [4.78, 5) is 0. The van der Waals surface area contributed by atoms with Crippen LogP contribution in [0.5, 0.6) is 5.75 Å². The van der Waals surface area contributed by atoms with Gasteiger partial charge < -0.3 is 10.5 Å². The number of anilines is 1. The lowest BCUT2D eigenvalue weighted by Crippen LogP contribution is -2.07. The molecule has 0 heterocycles. The molecule has 2 N–H and O–H groups in total. The molecule has 0 radical (unpaired) electrons. The van der Waals surface area contributed by atoms with Gasteiger partial charge in [-0.05, 0) is 23.9 Å². The molecule has 0 bridgehead atoms. The Hall–Kier alpha value is -0.750. The first-order valence-electron chi connectivity index (χ1n) is 4.27. The lowest BCUT2D eigenvalue weighted by molar-refractivity contribution is -0.0329. The van der Waals surface area contributed by atoms with Crippen LogP contribution in [0.4, 0.5) is 18.9 Å². The summed E-state index contributed by atoms with van der Waals surface area (Å²) in [7, 11) is 0. The lowest BCUT2D eigenvalue weighted by Gasteiger charge is -2.08. The van der Waals surface area contributed by atoms with E-state index in [1.165, 1.54) is 12.1 Å². The first-order valence-corrected chi connectivity index (χ1v) is 5.63. The first-order chi connectivity index (χ1) is 7.38. The Morgan fingerprint density at radius 2 is 2.06 bits per heavy atom. The van der Waals surface area contributed by atoms with E-state index in [0.717, 1.165) is 0 Å². The fourth-order valence-electron chi connectivity index (χ4n) is 0.915. The Bertz CT molecular complexity index is 359. The minimum Gasteiger partial charge on any atom is -0.493 e. The molecule has 0 aliphatic rings. The van der Waals surface area contributed by atoms with E-state index in [4.69, 9.17) is 22.1 Å². The van der Waals surface area contributed by atoms with Crippen LogP contribution in [0.1, 0.15) is 0 Å². The molecule has 2 nitrogen and oxygen atoms in total. The van der Waals surface area contributed by atoms with Crippen molar-refractivity contribution >= 4 is 29.1 Å². The van der Waals surface area contributed by atoms with Gasteiger partial charge in [0.2, 0.25) is 0 Å². The summed E-state index contributed by atoms with van der Waals surface area (Å²) in [6.07, 6.45) is 0. The number of rotatable bonds is 4. The highest BCUT2D eigenvalue weighted by Gasteiger charge is 2.27. The topological polar surface area (TPSA) is 35.2 Å². The third kappa shape index (κ3) is 4.85. The monoisotopic (exact) mass is 271 g/mol. The van der Waals surface area contributed by atoms with Gasteiger partial charge in [-0.15, -0.1) is 0 Å². The van der Waals surface area contributed by atoms with Gasteiger partial charge in [-0.1, -0.05) is 11.6 Å². The van der Waals surface area contributed by atoms with Crippen molar-refractivity contribution in [1.82, 2.24) is 0 Å². The second-order valence-corrected chi connectivity index (χ2v) is 4.39. The maximum absolute atomic E-state index is 11.8. The zero-order chi connectivity index (χ0) is 12.2. The van der Waals surface area contributed by atoms with E-state index in [9.17, 15) is 13.2 Å². The van der Waals surface area contributed by atoms with Crippen molar-refractivity contribution in [3.05, 3.63) is 23.2 Å². The second kappa shape index (κ2) is 5.54. The van der Waals surface area contributed by atoms with E-state index in [1.807, 2.05) is 0 Å². The van der Waals surface area contributed by atoms with Crippen molar-refractivity contribution in [2.24, 2.45) is 0 Å². The maximum atomic E-state index is 11.8. The molecular formula is C9H9ClF3NOS. The van der Waals surface area contributed by atoms with Crippen LogP contribution in [0.2, 0.25) is 5.02 Å². The summed E-state index contributed by atoms with van der Waals surface area (Å²) >= 11 is 5.59. The molecule has 1 aromatic carbocycles. The largest absolute Gasteiger partial charge is 0.493 e. The van der Waals surface area contributed by atoms with Gasteiger partial charge in [0, 0.05) is 11.8 Å². The van der Waals surface area contributed by atoms with E-state index in [1.54, 1.807) is 6.07 Å². The highest BCUT2D eigenvalue weighted by atomic mass is 35.5. The lowest BCUT2D eigenvalue weighted by atomic mass is 10.3. The Morgan fingerprint density at radius 1 is 1.38 bits per heavy atom. The SMILES string of the molecule is Nc1ccc(OCCSC(F)(F)F)cc1Cl. The summed E-state index contributed by atoms with van der Waals surface area (Å²) in [6, 6.07) is 4.56. The van der Waals surface area contributed by atoms with Crippen LogP contribution in [0.25, 0.3) is 0 Å². The number of ether oxygens (including phenoxy) is 1. The van der Waals surface area contributed by atoms with Crippen molar-refractivity contribution in [3.63, 3.8) is 0 Å². The molecule has 0 fully saturated rings. The fourth-order valence-corrected chi connectivity index (χ4v) is 1.48. The molecule has 1 rings (SSSR count). The Labute approximate surface area is 99.9 Å². The van der Waals surface area contributed by atoms with E-state index >= 15 is 0 Å². The van der Waals surface area contributed by atoms with Gasteiger partial charge in [0.25, 0.3) is 0 Å². The molecule has 0 saturated carbocycles. The second-order valence-electron chi connectivity index (χ2n) is 2.83. The van der Waals surface area contributed by atoms with E-state index in [2.05, 4.69) is 0 Å². The molecular weight excluding hydrogens is 263 g/mol. The average Bonchev–Trinajstić information content (AvgIpc) is 2.17. The molecule has 90 valence electrons. The molecule has 0 saturated heterocycles. The predicted molar refractivity (Wildman–Crippen MR) is 59.9 cm³/mol.